The number of piperidine rings is 1. The lowest BCUT2D eigenvalue weighted by atomic mass is 9.99. The van der Waals surface area contributed by atoms with Crippen molar-refractivity contribution in [2.45, 2.75) is 40.2 Å². The van der Waals surface area contributed by atoms with Gasteiger partial charge in [0.2, 0.25) is 0 Å². The Morgan fingerprint density at radius 1 is 1.16 bits per heavy atom. The highest BCUT2D eigenvalue weighted by atomic mass is 16.1. The van der Waals surface area contributed by atoms with Gasteiger partial charge in [-0.3, -0.25) is 4.79 Å². The van der Waals surface area contributed by atoms with Crippen LogP contribution in [0.2, 0.25) is 0 Å². The van der Waals surface area contributed by atoms with Crippen LogP contribution in [0.15, 0.2) is 42.5 Å². The Morgan fingerprint density at radius 3 is 2.60 bits per heavy atom. The minimum Gasteiger partial charge on any atom is -0.371 e. The number of amides is 1. The number of nitrogens with one attached hydrogen (secondary N) is 1. The van der Waals surface area contributed by atoms with E-state index < -0.39 is 0 Å². The maximum atomic E-state index is 12.4. The standard InChI is InChI=1S/C22H28N2O/c1-16-6-11-21(18(3)13-16)22(25)23-14-19-7-9-20(10-8-19)24-12-4-5-17(2)15-24/h6-11,13,17H,4-5,12,14-15H2,1-3H3,(H,23,25). The first-order valence-electron chi connectivity index (χ1n) is 9.22. The molecular formula is C22H28N2O. The maximum absolute atomic E-state index is 12.4. The highest BCUT2D eigenvalue weighted by Crippen LogP contribution is 2.23. The second kappa shape index (κ2) is 7.73. The fourth-order valence-corrected chi connectivity index (χ4v) is 3.59. The van der Waals surface area contributed by atoms with Crippen LogP contribution < -0.4 is 10.2 Å². The van der Waals surface area contributed by atoms with Crippen molar-refractivity contribution >= 4 is 11.6 Å². The van der Waals surface area contributed by atoms with E-state index >= 15 is 0 Å². The van der Waals surface area contributed by atoms with Crippen LogP contribution in [-0.4, -0.2) is 19.0 Å². The number of hydrogen-bond acceptors (Lipinski definition) is 2. The average Bonchev–Trinajstić information content (AvgIpc) is 2.60. The molecule has 1 saturated heterocycles. The van der Waals surface area contributed by atoms with Crippen LogP contribution in [0.1, 0.15) is 46.8 Å². The van der Waals surface area contributed by atoms with Crippen LogP contribution in [0.25, 0.3) is 0 Å². The van der Waals surface area contributed by atoms with Crippen molar-refractivity contribution in [2.24, 2.45) is 5.92 Å². The van der Waals surface area contributed by atoms with Gasteiger partial charge in [-0.1, -0.05) is 36.8 Å². The smallest absolute Gasteiger partial charge is 0.251 e. The van der Waals surface area contributed by atoms with Crippen molar-refractivity contribution < 1.29 is 4.79 Å². The predicted octanol–water partition coefficient (Wildman–Crippen LogP) is 4.47. The minimum absolute atomic E-state index is 0.00793. The quantitative estimate of drug-likeness (QED) is 0.893. The molecule has 0 bridgehead atoms. The van der Waals surface area contributed by atoms with Gasteiger partial charge in [-0.25, -0.2) is 0 Å². The molecular weight excluding hydrogens is 308 g/mol. The normalized spacial score (nSPS) is 17.4. The molecule has 2 aromatic carbocycles. The molecule has 132 valence electrons. The molecule has 1 amide bonds. The third-order valence-electron chi connectivity index (χ3n) is 5.04. The summed E-state index contributed by atoms with van der Waals surface area (Å²) in [6.45, 7) is 9.19. The number of rotatable bonds is 4. The molecule has 1 N–H and O–H groups in total. The van der Waals surface area contributed by atoms with E-state index in [4.69, 9.17) is 0 Å². The predicted molar refractivity (Wildman–Crippen MR) is 104 cm³/mol. The molecule has 3 rings (SSSR count). The van der Waals surface area contributed by atoms with Gasteiger partial charge in [0, 0.05) is 30.9 Å². The van der Waals surface area contributed by atoms with Gasteiger partial charge in [-0.05, 0) is 61.9 Å². The molecule has 3 heteroatoms. The lowest BCUT2D eigenvalue weighted by molar-refractivity contribution is 0.0950. The van der Waals surface area contributed by atoms with Crippen molar-refractivity contribution in [3.8, 4) is 0 Å². The number of anilines is 1. The largest absolute Gasteiger partial charge is 0.371 e. The first-order valence-corrected chi connectivity index (χ1v) is 9.22. The fourth-order valence-electron chi connectivity index (χ4n) is 3.59. The summed E-state index contributed by atoms with van der Waals surface area (Å²) in [7, 11) is 0. The fraction of sp³-hybridized carbons (Fsp3) is 0.409. The molecule has 2 aromatic rings. The molecule has 0 saturated carbocycles. The van der Waals surface area contributed by atoms with Gasteiger partial charge in [0.1, 0.15) is 0 Å². The summed E-state index contributed by atoms with van der Waals surface area (Å²) in [5.41, 5.74) is 5.37. The lowest BCUT2D eigenvalue weighted by Crippen LogP contribution is -2.34. The van der Waals surface area contributed by atoms with E-state index in [1.165, 1.54) is 24.1 Å². The van der Waals surface area contributed by atoms with E-state index in [1.54, 1.807) is 0 Å². The molecule has 0 aliphatic carbocycles. The summed E-state index contributed by atoms with van der Waals surface area (Å²) in [5.74, 6) is 0.761. The van der Waals surface area contributed by atoms with E-state index in [1.807, 2.05) is 32.0 Å². The monoisotopic (exact) mass is 336 g/mol. The van der Waals surface area contributed by atoms with Gasteiger partial charge < -0.3 is 10.2 Å². The molecule has 0 aromatic heterocycles. The molecule has 0 radical (unpaired) electrons. The Kier molecular flexibility index (Phi) is 5.42. The van der Waals surface area contributed by atoms with Gasteiger partial charge in [-0.2, -0.15) is 0 Å². The average molecular weight is 336 g/mol. The zero-order chi connectivity index (χ0) is 17.8. The van der Waals surface area contributed by atoms with E-state index in [0.29, 0.717) is 6.54 Å². The van der Waals surface area contributed by atoms with Crippen molar-refractivity contribution in [2.75, 3.05) is 18.0 Å². The highest BCUT2D eigenvalue weighted by molar-refractivity contribution is 5.95. The van der Waals surface area contributed by atoms with E-state index in [9.17, 15) is 4.79 Å². The zero-order valence-corrected chi connectivity index (χ0v) is 15.5. The minimum atomic E-state index is -0.00793. The van der Waals surface area contributed by atoms with Crippen LogP contribution in [0, 0.1) is 19.8 Å². The Morgan fingerprint density at radius 2 is 1.92 bits per heavy atom. The Balaban J connectivity index is 1.59. The van der Waals surface area contributed by atoms with Crippen molar-refractivity contribution in [1.82, 2.24) is 5.32 Å². The summed E-state index contributed by atoms with van der Waals surface area (Å²) in [5, 5.41) is 3.03. The van der Waals surface area contributed by atoms with Crippen LogP contribution in [-0.2, 0) is 6.54 Å². The summed E-state index contributed by atoms with van der Waals surface area (Å²) in [6.07, 6.45) is 2.61. The molecule has 1 aliphatic rings. The Bertz CT molecular complexity index is 736. The summed E-state index contributed by atoms with van der Waals surface area (Å²) in [4.78, 5) is 14.8. The molecule has 1 heterocycles. The topological polar surface area (TPSA) is 32.3 Å². The van der Waals surface area contributed by atoms with Gasteiger partial charge >= 0.3 is 0 Å². The molecule has 0 spiro atoms. The van der Waals surface area contributed by atoms with Crippen LogP contribution in [0.5, 0.6) is 0 Å². The van der Waals surface area contributed by atoms with E-state index in [-0.39, 0.29) is 5.91 Å². The molecule has 3 nitrogen and oxygen atoms in total. The van der Waals surface area contributed by atoms with Crippen LogP contribution in [0.4, 0.5) is 5.69 Å². The van der Waals surface area contributed by atoms with Gasteiger partial charge in [-0.15, -0.1) is 0 Å². The summed E-state index contributed by atoms with van der Waals surface area (Å²) in [6, 6.07) is 14.5. The first-order chi connectivity index (χ1) is 12.0. The second-order valence-electron chi connectivity index (χ2n) is 7.36. The first kappa shape index (κ1) is 17.5. The van der Waals surface area contributed by atoms with Crippen LogP contribution in [0.3, 0.4) is 0 Å². The number of hydrogen-bond donors (Lipinski definition) is 1. The molecule has 1 unspecified atom stereocenters. The third kappa shape index (κ3) is 4.41. The van der Waals surface area contributed by atoms with Gasteiger partial charge in [0.05, 0.1) is 0 Å². The molecule has 1 aliphatic heterocycles. The third-order valence-corrected chi connectivity index (χ3v) is 5.04. The van der Waals surface area contributed by atoms with Gasteiger partial charge in [0.15, 0.2) is 0 Å². The van der Waals surface area contributed by atoms with Crippen molar-refractivity contribution in [1.29, 1.82) is 0 Å². The second-order valence-corrected chi connectivity index (χ2v) is 7.36. The summed E-state index contributed by atoms with van der Waals surface area (Å²) >= 11 is 0. The van der Waals surface area contributed by atoms with Crippen molar-refractivity contribution in [3.05, 3.63) is 64.7 Å². The molecule has 25 heavy (non-hydrogen) atoms. The molecule has 1 fully saturated rings. The van der Waals surface area contributed by atoms with E-state index in [0.717, 1.165) is 35.7 Å². The Labute approximate surface area is 151 Å². The number of nitrogens with zero attached hydrogens (tertiary/aromatic N) is 1. The number of carbonyl (C=O) groups excluding carboxylic acids is 1. The van der Waals surface area contributed by atoms with Gasteiger partial charge in [0.25, 0.3) is 5.91 Å². The highest BCUT2D eigenvalue weighted by Gasteiger charge is 2.16. The Hall–Kier alpha value is -2.29. The van der Waals surface area contributed by atoms with Crippen LogP contribution >= 0.6 is 0 Å². The van der Waals surface area contributed by atoms with Crippen molar-refractivity contribution in [3.63, 3.8) is 0 Å². The van der Waals surface area contributed by atoms with E-state index in [2.05, 4.69) is 41.4 Å². The zero-order valence-electron chi connectivity index (χ0n) is 15.5. The number of carbonyl (C=O) groups is 1. The lowest BCUT2D eigenvalue weighted by Gasteiger charge is -2.32. The SMILES string of the molecule is Cc1ccc(C(=O)NCc2ccc(N3CCCC(C)C3)cc2)c(C)c1. The number of benzene rings is 2. The summed E-state index contributed by atoms with van der Waals surface area (Å²) < 4.78 is 0. The maximum Gasteiger partial charge on any atom is 0.251 e. The molecule has 1 atom stereocenters. The number of aryl methyl sites for hydroxylation is 2.